The number of piperidine rings is 1. The predicted molar refractivity (Wildman–Crippen MR) is 70.0 cm³/mol. The molecular weight excluding hydrogens is 212 g/mol. The van der Waals surface area contributed by atoms with Crippen molar-refractivity contribution in [2.24, 2.45) is 5.92 Å². The second kappa shape index (κ2) is 6.22. The van der Waals surface area contributed by atoms with Crippen molar-refractivity contribution in [2.45, 2.75) is 32.7 Å². The minimum Gasteiger partial charge on any atom is -0.465 e. The first-order valence-electron chi connectivity index (χ1n) is 6.74. The number of nitrogens with one attached hydrogen (secondary N) is 1. The van der Waals surface area contributed by atoms with Crippen molar-refractivity contribution < 1.29 is 4.42 Å². The van der Waals surface area contributed by atoms with Crippen LogP contribution in [0.1, 0.15) is 31.3 Å². The average molecular weight is 236 g/mol. The predicted octanol–water partition coefficient (Wildman–Crippen LogP) is 2.27. The monoisotopic (exact) mass is 236 g/mol. The van der Waals surface area contributed by atoms with Crippen molar-refractivity contribution in [3.8, 4) is 0 Å². The van der Waals surface area contributed by atoms with Crippen molar-refractivity contribution in [1.29, 1.82) is 0 Å². The molecule has 0 amide bonds. The second-order valence-corrected chi connectivity index (χ2v) is 5.12. The molecule has 3 heteroatoms. The number of hydrogen-bond acceptors (Lipinski definition) is 3. The lowest BCUT2D eigenvalue weighted by molar-refractivity contribution is 0.205. The molecule has 1 saturated heterocycles. The Kier molecular flexibility index (Phi) is 4.63. The summed E-state index contributed by atoms with van der Waals surface area (Å²) < 4.78 is 5.67. The summed E-state index contributed by atoms with van der Waals surface area (Å²) in [7, 11) is 2.21. The van der Waals surface area contributed by atoms with Gasteiger partial charge in [-0.15, -0.1) is 0 Å². The molecule has 96 valence electrons. The molecular formula is C14H24N2O. The second-order valence-electron chi connectivity index (χ2n) is 5.12. The van der Waals surface area contributed by atoms with Gasteiger partial charge >= 0.3 is 0 Å². The minimum atomic E-state index is 0.800. The number of likely N-dealkylation sites (tertiary alicyclic amines) is 1. The third kappa shape index (κ3) is 3.86. The third-order valence-electron chi connectivity index (χ3n) is 3.52. The molecule has 17 heavy (non-hydrogen) atoms. The molecule has 0 saturated carbocycles. The first-order chi connectivity index (χ1) is 8.28. The highest BCUT2D eigenvalue weighted by molar-refractivity contribution is 5.06. The van der Waals surface area contributed by atoms with Crippen molar-refractivity contribution in [3.05, 3.63) is 23.7 Å². The van der Waals surface area contributed by atoms with E-state index in [0.717, 1.165) is 36.9 Å². The van der Waals surface area contributed by atoms with Crippen LogP contribution in [-0.4, -0.2) is 31.6 Å². The van der Waals surface area contributed by atoms with Gasteiger partial charge in [0.05, 0.1) is 6.54 Å². The molecule has 1 fully saturated rings. The summed E-state index contributed by atoms with van der Waals surface area (Å²) in [5.41, 5.74) is 0. The topological polar surface area (TPSA) is 28.4 Å². The molecule has 2 heterocycles. The van der Waals surface area contributed by atoms with Gasteiger partial charge in [-0.25, -0.2) is 0 Å². The molecule has 0 bridgehead atoms. The molecule has 1 unspecified atom stereocenters. The summed E-state index contributed by atoms with van der Waals surface area (Å²) in [6, 6.07) is 4.16. The maximum Gasteiger partial charge on any atom is 0.117 e. The fourth-order valence-corrected chi connectivity index (χ4v) is 2.55. The van der Waals surface area contributed by atoms with Crippen molar-refractivity contribution in [3.63, 3.8) is 0 Å². The third-order valence-corrected chi connectivity index (χ3v) is 3.52. The van der Waals surface area contributed by atoms with Gasteiger partial charge in [0, 0.05) is 13.0 Å². The van der Waals surface area contributed by atoms with Crippen LogP contribution >= 0.6 is 0 Å². The number of hydrogen-bond donors (Lipinski definition) is 1. The van der Waals surface area contributed by atoms with Gasteiger partial charge in [-0.3, -0.25) is 0 Å². The van der Waals surface area contributed by atoms with E-state index in [2.05, 4.69) is 36.3 Å². The van der Waals surface area contributed by atoms with Crippen molar-refractivity contribution in [2.75, 3.05) is 26.7 Å². The summed E-state index contributed by atoms with van der Waals surface area (Å²) in [6.07, 6.45) is 3.67. The van der Waals surface area contributed by atoms with E-state index >= 15 is 0 Å². The van der Waals surface area contributed by atoms with Gasteiger partial charge in [-0.1, -0.05) is 6.92 Å². The van der Waals surface area contributed by atoms with Crippen LogP contribution in [0.2, 0.25) is 0 Å². The van der Waals surface area contributed by atoms with Crippen LogP contribution in [0.5, 0.6) is 0 Å². The zero-order chi connectivity index (χ0) is 12.1. The van der Waals surface area contributed by atoms with E-state index in [4.69, 9.17) is 4.42 Å². The largest absolute Gasteiger partial charge is 0.465 e. The van der Waals surface area contributed by atoms with Gasteiger partial charge < -0.3 is 14.6 Å². The van der Waals surface area contributed by atoms with Gasteiger partial charge in [0.1, 0.15) is 11.5 Å². The molecule has 0 radical (unpaired) electrons. The van der Waals surface area contributed by atoms with Gasteiger partial charge in [-0.2, -0.15) is 0 Å². The molecule has 0 spiro atoms. The maximum absolute atomic E-state index is 5.67. The van der Waals surface area contributed by atoms with E-state index in [9.17, 15) is 0 Å². The Hall–Kier alpha value is -0.800. The summed E-state index contributed by atoms with van der Waals surface area (Å²) in [6.45, 7) is 6.57. The van der Waals surface area contributed by atoms with Gasteiger partial charge in [0.25, 0.3) is 0 Å². The van der Waals surface area contributed by atoms with E-state index in [0.29, 0.717) is 0 Å². The Labute approximate surface area is 104 Å². The Morgan fingerprint density at radius 2 is 2.24 bits per heavy atom. The van der Waals surface area contributed by atoms with Gasteiger partial charge in [0.2, 0.25) is 0 Å². The first kappa shape index (κ1) is 12.7. The van der Waals surface area contributed by atoms with Gasteiger partial charge in [-0.05, 0) is 51.0 Å². The molecule has 1 aromatic heterocycles. The number of aryl methyl sites for hydroxylation is 1. The lowest BCUT2D eigenvalue weighted by atomic mass is 9.98. The van der Waals surface area contributed by atoms with Crippen LogP contribution in [0.15, 0.2) is 16.5 Å². The van der Waals surface area contributed by atoms with E-state index in [1.165, 1.54) is 25.9 Å². The Balaban J connectivity index is 1.68. The molecule has 3 nitrogen and oxygen atoms in total. The average Bonchev–Trinajstić information content (AvgIpc) is 2.77. The molecule has 0 aliphatic carbocycles. The standard InChI is InChI=1S/C14H24N2O/c1-3-13-6-7-14(17-13)10-15-9-12-5-4-8-16(2)11-12/h6-7,12,15H,3-5,8-11H2,1-2H3. The quantitative estimate of drug-likeness (QED) is 0.850. The van der Waals surface area contributed by atoms with E-state index in [1.54, 1.807) is 0 Å². The first-order valence-corrected chi connectivity index (χ1v) is 6.74. The fraction of sp³-hybridized carbons (Fsp3) is 0.714. The molecule has 1 aliphatic heterocycles. The summed E-state index contributed by atoms with van der Waals surface area (Å²) in [4.78, 5) is 2.43. The number of rotatable bonds is 5. The molecule has 2 rings (SSSR count). The lowest BCUT2D eigenvalue weighted by Crippen LogP contribution is -2.37. The van der Waals surface area contributed by atoms with Crippen molar-refractivity contribution in [1.82, 2.24) is 10.2 Å². The van der Waals surface area contributed by atoms with Crippen LogP contribution in [0.25, 0.3) is 0 Å². The van der Waals surface area contributed by atoms with Crippen molar-refractivity contribution >= 4 is 0 Å². The Bertz CT molecular complexity index is 335. The van der Waals surface area contributed by atoms with Crippen LogP contribution in [0.4, 0.5) is 0 Å². The SMILES string of the molecule is CCc1ccc(CNCC2CCCN(C)C2)o1. The van der Waals surface area contributed by atoms with E-state index in [1.807, 2.05) is 0 Å². The Morgan fingerprint density at radius 1 is 1.41 bits per heavy atom. The van der Waals surface area contributed by atoms with Crippen LogP contribution in [-0.2, 0) is 13.0 Å². The molecule has 1 aromatic rings. The molecule has 0 aromatic carbocycles. The molecule has 1 atom stereocenters. The maximum atomic E-state index is 5.67. The number of furan rings is 1. The summed E-state index contributed by atoms with van der Waals surface area (Å²) >= 11 is 0. The Morgan fingerprint density at radius 3 is 2.94 bits per heavy atom. The van der Waals surface area contributed by atoms with E-state index < -0.39 is 0 Å². The summed E-state index contributed by atoms with van der Waals surface area (Å²) in [5, 5.41) is 3.51. The highest BCUT2D eigenvalue weighted by Gasteiger charge is 2.16. The number of nitrogens with zero attached hydrogens (tertiary/aromatic N) is 1. The molecule has 1 aliphatic rings. The van der Waals surface area contributed by atoms with Crippen LogP contribution < -0.4 is 5.32 Å². The lowest BCUT2D eigenvalue weighted by Gasteiger charge is -2.29. The van der Waals surface area contributed by atoms with Crippen LogP contribution in [0.3, 0.4) is 0 Å². The highest BCUT2D eigenvalue weighted by Crippen LogP contribution is 2.14. The smallest absolute Gasteiger partial charge is 0.117 e. The zero-order valence-corrected chi connectivity index (χ0v) is 11.0. The molecule has 1 N–H and O–H groups in total. The minimum absolute atomic E-state index is 0.800. The zero-order valence-electron chi connectivity index (χ0n) is 11.0. The van der Waals surface area contributed by atoms with Gasteiger partial charge in [0.15, 0.2) is 0 Å². The van der Waals surface area contributed by atoms with Crippen LogP contribution in [0, 0.1) is 5.92 Å². The highest BCUT2D eigenvalue weighted by atomic mass is 16.3. The normalized spacial score (nSPS) is 21.9. The summed E-state index contributed by atoms with van der Waals surface area (Å²) in [5.74, 6) is 2.94. The fourth-order valence-electron chi connectivity index (χ4n) is 2.55. The van der Waals surface area contributed by atoms with E-state index in [-0.39, 0.29) is 0 Å².